The van der Waals surface area contributed by atoms with Crippen LogP contribution >= 0.6 is 0 Å². The molecule has 8 heteroatoms. The highest BCUT2D eigenvalue weighted by atomic mass is 28.5. The van der Waals surface area contributed by atoms with E-state index < -0.39 is 25.7 Å². The van der Waals surface area contributed by atoms with Crippen LogP contribution in [-0.4, -0.2) is 42.1 Å². The molecule has 0 spiro atoms. The molecule has 0 aromatic heterocycles. The second kappa shape index (κ2) is 6.75. The van der Waals surface area contributed by atoms with Gasteiger partial charge >= 0.3 is 9.05 Å². The van der Waals surface area contributed by atoms with Gasteiger partial charge in [-0.15, -0.1) is 0 Å². The van der Waals surface area contributed by atoms with Crippen molar-refractivity contribution in [3.63, 3.8) is 0 Å². The van der Waals surface area contributed by atoms with E-state index in [9.17, 15) is 0 Å². The average Bonchev–Trinajstić information content (AvgIpc) is 1.96. The minimum atomic E-state index is -2.93. The van der Waals surface area contributed by atoms with Gasteiger partial charge in [0.05, 0.1) is 0 Å². The molecule has 0 rings (SSSR count). The van der Waals surface area contributed by atoms with Crippen molar-refractivity contribution >= 4 is 35.4 Å². The topological polar surface area (TPSA) is 36.9 Å². The number of rotatable bonds is 8. The summed E-state index contributed by atoms with van der Waals surface area (Å²) in [6.45, 7) is 17.3. The van der Waals surface area contributed by atoms with Crippen molar-refractivity contribution in [2.24, 2.45) is 0 Å². The predicted molar refractivity (Wildman–Crippen MR) is 78.9 cm³/mol. The summed E-state index contributed by atoms with van der Waals surface area (Å²) in [5, 5.41) is 0. The third-order valence-electron chi connectivity index (χ3n) is 1.41. The molecule has 2 radical (unpaired) electrons. The summed E-state index contributed by atoms with van der Waals surface area (Å²) in [5.74, 6) is 0. The lowest BCUT2D eigenvalue weighted by atomic mass is 10.9. The molecule has 0 fully saturated rings. The molecule has 0 aliphatic carbocycles. The van der Waals surface area contributed by atoms with Crippen molar-refractivity contribution in [2.45, 2.75) is 52.8 Å². The van der Waals surface area contributed by atoms with Crippen LogP contribution in [0.15, 0.2) is 0 Å². The van der Waals surface area contributed by atoms with Crippen LogP contribution in [0, 0.1) is 0 Å². The smallest absolute Gasteiger partial charge is 0.395 e. The van der Waals surface area contributed by atoms with Crippen molar-refractivity contribution in [1.82, 2.24) is 0 Å². The number of hydrogen-bond donors (Lipinski definition) is 0. The maximum absolute atomic E-state index is 6.14. The van der Waals surface area contributed by atoms with Crippen LogP contribution in [0.3, 0.4) is 0 Å². The molecule has 0 heterocycles. The van der Waals surface area contributed by atoms with Crippen LogP contribution in [0.25, 0.3) is 0 Å². The summed E-state index contributed by atoms with van der Waals surface area (Å²) in [6, 6.07) is 0. The lowest BCUT2D eigenvalue weighted by Gasteiger charge is -2.37. The zero-order chi connectivity index (χ0) is 13.7. The van der Waals surface area contributed by atoms with E-state index in [1.807, 2.05) is 13.5 Å². The van der Waals surface area contributed by atoms with Gasteiger partial charge < -0.3 is 16.8 Å². The fourth-order valence-corrected chi connectivity index (χ4v) is 10.9. The molecule has 0 saturated carbocycles. The van der Waals surface area contributed by atoms with Gasteiger partial charge in [-0.3, -0.25) is 0 Å². The summed E-state index contributed by atoms with van der Waals surface area (Å²) < 4.78 is 23.8. The third-order valence-corrected chi connectivity index (χ3v) is 10.8. The summed E-state index contributed by atoms with van der Waals surface area (Å²) >= 11 is 0. The second-order valence-corrected chi connectivity index (χ2v) is 18.3. The molecular weight excluding hydrogens is 284 g/mol. The first kappa shape index (κ1) is 17.7. The molecule has 0 N–H and O–H groups in total. The van der Waals surface area contributed by atoms with Crippen molar-refractivity contribution in [2.75, 3.05) is 6.61 Å². The summed E-state index contributed by atoms with van der Waals surface area (Å²) in [6.07, 6.45) is 0. The van der Waals surface area contributed by atoms with Crippen molar-refractivity contribution in [3.05, 3.63) is 0 Å². The molecule has 0 aromatic rings. The minimum absolute atomic E-state index is 0.322. The monoisotopic (exact) mass is 310 g/mol. The molecule has 0 aromatic carbocycles. The van der Waals surface area contributed by atoms with Gasteiger partial charge in [0.25, 0.3) is 0 Å². The Hall–Kier alpha value is 0.708. The Morgan fingerprint density at radius 2 is 1.29 bits per heavy atom. The lowest BCUT2D eigenvalue weighted by molar-refractivity contribution is 0.0942. The van der Waals surface area contributed by atoms with Crippen LogP contribution in [-0.2, 0) is 16.8 Å². The van der Waals surface area contributed by atoms with E-state index >= 15 is 0 Å². The maximum Gasteiger partial charge on any atom is 0.647 e. The summed E-state index contributed by atoms with van der Waals surface area (Å²) in [4.78, 5) is 0. The van der Waals surface area contributed by atoms with Gasteiger partial charge in [0.1, 0.15) is 0 Å². The van der Waals surface area contributed by atoms with E-state index in [4.69, 9.17) is 16.8 Å². The first-order chi connectivity index (χ1) is 7.54. The van der Waals surface area contributed by atoms with Gasteiger partial charge in [-0.05, 0) is 52.8 Å². The fourth-order valence-electron chi connectivity index (χ4n) is 1.20. The highest BCUT2D eigenvalue weighted by molar-refractivity contribution is 6.84. The van der Waals surface area contributed by atoms with E-state index in [1.54, 1.807) is 0 Å². The highest BCUT2D eigenvalue weighted by Gasteiger charge is 2.50. The molecule has 0 aliphatic rings. The van der Waals surface area contributed by atoms with Crippen LogP contribution < -0.4 is 0 Å². The summed E-state index contributed by atoms with van der Waals surface area (Å²) in [5.41, 5.74) is 0. The van der Waals surface area contributed by atoms with Gasteiger partial charge in [0, 0.05) is 6.61 Å². The largest absolute Gasteiger partial charge is 0.647 e. The van der Waals surface area contributed by atoms with Gasteiger partial charge in [0.15, 0.2) is 16.6 Å². The van der Waals surface area contributed by atoms with Gasteiger partial charge in [0.2, 0.25) is 9.76 Å². The molecule has 0 atom stereocenters. The van der Waals surface area contributed by atoms with Crippen molar-refractivity contribution in [3.8, 4) is 0 Å². The molecule has 0 aliphatic heterocycles. The zero-order valence-electron chi connectivity index (χ0n) is 12.3. The van der Waals surface area contributed by atoms with E-state index in [1.165, 1.54) is 0 Å². The molecule has 0 bridgehead atoms. The highest BCUT2D eigenvalue weighted by Crippen LogP contribution is 2.22. The minimum Gasteiger partial charge on any atom is -0.395 e. The van der Waals surface area contributed by atoms with Crippen LogP contribution in [0.4, 0.5) is 0 Å². The standard InChI is InChI=1S/C9H26O4Si4/c1-9-10-17(11-14-2,12-15(3,4)5)13-16(6,7)8/h9H2,1-8H3. The Morgan fingerprint density at radius 3 is 1.53 bits per heavy atom. The first-order valence-electron chi connectivity index (χ1n) is 5.92. The molecule has 102 valence electrons. The quantitative estimate of drug-likeness (QED) is 0.646. The van der Waals surface area contributed by atoms with Crippen LogP contribution in [0.2, 0.25) is 45.8 Å². The Balaban J connectivity index is 4.97. The number of hydrogen-bond acceptors (Lipinski definition) is 4. The van der Waals surface area contributed by atoms with E-state index in [-0.39, 0.29) is 0 Å². The van der Waals surface area contributed by atoms with Gasteiger partial charge in [-0.2, -0.15) is 0 Å². The summed E-state index contributed by atoms with van der Waals surface area (Å²) in [7, 11) is -6.12. The fraction of sp³-hybridized carbons (Fsp3) is 1.00. The molecular formula is C9H26O4Si4. The van der Waals surface area contributed by atoms with Gasteiger partial charge in [-0.25, -0.2) is 0 Å². The van der Waals surface area contributed by atoms with E-state index in [2.05, 4.69) is 39.3 Å². The van der Waals surface area contributed by atoms with Crippen molar-refractivity contribution in [1.29, 1.82) is 0 Å². The molecule has 0 saturated heterocycles. The Kier molecular flexibility index (Phi) is 7.03. The van der Waals surface area contributed by atoms with E-state index in [0.29, 0.717) is 16.4 Å². The third kappa shape index (κ3) is 8.43. The Morgan fingerprint density at radius 1 is 0.882 bits per heavy atom. The molecule has 0 amide bonds. The average molecular weight is 311 g/mol. The SMILES string of the molecule is CCO[Si](O[Si]C)(O[Si](C)(C)C)O[Si](C)(C)C. The lowest BCUT2D eigenvalue weighted by Crippen LogP contribution is -2.59. The first-order valence-corrected chi connectivity index (χ1v) is 15.8. The Bertz CT molecular complexity index is 200. The zero-order valence-corrected chi connectivity index (χ0v) is 16.3. The molecule has 17 heavy (non-hydrogen) atoms. The van der Waals surface area contributed by atoms with Crippen LogP contribution in [0.5, 0.6) is 0 Å². The van der Waals surface area contributed by atoms with Crippen molar-refractivity contribution < 1.29 is 16.8 Å². The Labute approximate surface area is 112 Å². The second-order valence-electron chi connectivity index (χ2n) is 5.67. The normalized spacial score (nSPS) is 14.1. The maximum atomic E-state index is 6.14. The molecule has 0 unspecified atom stereocenters. The van der Waals surface area contributed by atoms with Gasteiger partial charge in [-0.1, -0.05) is 0 Å². The molecule has 4 nitrogen and oxygen atoms in total. The van der Waals surface area contributed by atoms with Crippen LogP contribution in [0.1, 0.15) is 6.92 Å². The van der Waals surface area contributed by atoms with E-state index in [0.717, 1.165) is 0 Å². The predicted octanol–water partition coefficient (Wildman–Crippen LogP) is 2.85.